The Morgan fingerprint density at radius 3 is 2.35 bits per heavy atom. The number of nitrogens with one attached hydrogen (secondary N) is 2. The first-order valence-electron chi connectivity index (χ1n) is 12.2. The van der Waals surface area contributed by atoms with Gasteiger partial charge in [-0.05, 0) is 43.9 Å². The first-order valence-corrected chi connectivity index (χ1v) is 12.2. The van der Waals surface area contributed by atoms with Gasteiger partial charge in [-0.25, -0.2) is 0 Å². The molecule has 1 aliphatic heterocycles. The van der Waals surface area contributed by atoms with Gasteiger partial charge in [-0.1, -0.05) is 48.5 Å². The predicted molar refractivity (Wildman–Crippen MR) is 145 cm³/mol. The minimum atomic E-state index is -4.76. The number of benzene rings is 3. The third kappa shape index (κ3) is 6.32. The first-order chi connectivity index (χ1) is 19.0. The van der Waals surface area contributed by atoms with E-state index < -0.39 is 35.4 Å². The van der Waals surface area contributed by atoms with Crippen molar-refractivity contribution in [2.24, 2.45) is 0 Å². The smallest absolute Gasteiger partial charge is 0.418 e. The molecule has 1 atom stereocenters. The van der Waals surface area contributed by atoms with Crippen molar-refractivity contribution in [1.29, 1.82) is 0 Å². The maximum Gasteiger partial charge on any atom is 0.418 e. The monoisotopic (exact) mass is 552 g/mol. The number of alkyl halides is 3. The van der Waals surface area contributed by atoms with Crippen LogP contribution in [0, 0.1) is 0 Å². The molecule has 0 spiro atoms. The number of rotatable bonds is 8. The standard InChI is InChI=1S/C29H27F3N4O4/c1-35(2)16-25(37)36(3)24-14-13-19(15-21(24)29(30,31)32)33-23(18-9-5-4-6-10-18)17-40-28(39)26-20-11-7-8-12-22(20)34-27(26)38/h4-15,17,26,33H,16H2,1-3H3,(H,34,38)/b23-17-. The van der Waals surface area contributed by atoms with Crippen LogP contribution in [0.1, 0.15) is 22.6 Å². The van der Waals surface area contributed by atoms with Crippen LogP contribution in [-0.2, 0) is 25.3 Å². The molecule has 3 aromatic carbocycles. The third-order valence-electron chi connectivity index (χ3n) is 6.17. The van der Waals surface area contributed by atoms with Crippen LogP contribution in [0.5, 0.6) is 0 Å². The van der Waals surface area contributed by atoms with Gasteiger partial charge in [-0.2, -0.15) is 13.2 Å². The fourth-order valence-corrected chi connectivity index (χ4v) is 4.21. The molecule has 208 valence electrons. The minimum Gasteiger partial charge on any atom is -0.431 e. The van der Waals surface area contributed by atoms with Crippen molar-refractivity contribution >= 4 is 40.5 Å². The quantitative estimate of drug-likeness (QED) is 0.234. The number of anilines is 3. The van der Waals surface area contributed by atoms with Crippen LogP contribution >= 0.6 is 0 Å². The number of halogens is 3. The summed E-state index contributed by atoms with van der Waals surface area (Å²) >= 11 is 0. The fraction of sp³-hybridized carbons (Fsp3) is 0.207. The van der Waals surface area contributed by atoms with Crippen molar-refractivity contribution in [2.75, 3.05) is 43.2 Å². The van der Waals surface area contributed by atoms with E-state index >= 15 is 0 Å². The average molecular weight is 553 g/mol. The van der Waals surface area contributed by atoms with Crippen molar-refractivity contribution in [3.05, 3.63) is 95.7 Å². The molecule has 40 heavy (non-hydrogen) atoms. The molecule has 0 aliphatic carbocycles. The zero-order valence-corrected chi connectivity index (χ0v) is 22.0. The molecule has 0 saturated heterocycles. The molecule has 3 aromatic rings. The van der Waals surface area contributed by atoms with E-state index in [9.17, 15) is 27.6 Å². The molecule has 2 N–H and O–H groups in total. The fourth-order valence-electron chi connectivity index (χ4n) is 4.21. The van der Waals surface area contributed by atoms with E-state index in [1.165, 1.54) is 19.2 Å². The summed E-state index contributed by atoms with van der Waals surface area (Å²) < 4.78 is 47.6. The van der Waals surface area contributed by atoms with Gasteiger partial charge >= 0.3 is 12.1 Å². The lowest BCUT2D eigenvalue weighted by molar-refractivity contribution is -0.142. The lowest BCUT2D eigenvalue weighted by Gasteiger charge is -2.24. The number of likely N-dealkylation sites (N-methyl/N-ethyl adjacent to an activating group) is 2. The first kappa shape index (κ1) is 28.4. The molecule has 0 saturated carbocycles. The minimum absolute atomic E-state index is 0.0413. The van der Waals surface area contributed by atoms with Gasteiger partial charge in [0.05, 0.1) is 23.5 Å². The number of hydrogen-bond donors (Lipinski definition) is 2. The van der Waals surface area contributed by atoms with Crippen molar-refractivity contribution in [2.45, 2.75) is 12.1 Å². The summed E-state index contributed by atoms with van der Waals surface area (Å²) in [5.41, 5.74) is 0.399. The number of esters is 1. The average Bonchev–Trinajstić information content (AvgIpc) is 3.25. The van der Waals surface area contributed by atoms with E-state index in [0.717, 1.165) is 17.2 Å². The molecule has 0 radical (unpaired) electrons. The molecule has 1 heterocycles. The SMILES string of the molecule is CN(C)CC(=O)N(C)c1ccc(N/C(=C\OC(=O)C2C(=O)Nc3ccccc32)c2ccccc2)cc1C(F)(F)F. The molecule has 1 unspecified atom stereocenters. The second kappa shape index (κ2) is 11.6. The summed E-state index contributed by atoms with van der Waals surface area (Å²) in [6.45, 7) is -0.0659. The molecule has 0 bridgehead atoms. The van der Waals surface area contributed by atoms with Crippen LogP contribution in [0.2, 0.25) is 0 Å². The lowest BCUT2D eigenvalue weighted by atomic mass is 10.0. The van der Waals surface area contributed by atoms with Gasteiger partial charge < -0.3 is 25.2 Å². The highest BCUT2D eigenvalue weighted by Gasteiger charge is 2.38. The number of ether oxygens (including phenoxy) is 1. The predicted octanol–water partition coefficient (Wildman–Crippen LogP) is 4.92. The van der Waals surface area contributed by atoms with Crippen molar-refractivity contribution in [1.82, 2.24) is 4.90 Å². The van der Waals surface area contributed by atoms with Gasteiger partial charge in [0.1, 0.15) is 6.26 Å². The maximum atomic E-state index is 14.1. The maximum absolute atomic E-state index is 14.1. The van der Waals surface area contributed by atoms with Gasteiger partial charge in [0.15, 0.2) is 5.92 Å². The second-order valence-electron chi connectivity index (χ2n) is 9.39. The van der Waals surface area contributed by atoms with Gasteiger partial charge in [0.25, 0.3) is 0 Å². The summed E-state index contributed by atoms with van der Waals surface area (Å²) in [4.78, 5) is 40.3. The zero-order chi connectivity index (χ0) is 29.0. The Kier molecular flexibility index (Phi) is 8.24. The highest BCUT2D eigenvalue weighted by molar-refractivity contribution is 6.15. The molecule has 0 aromatic heterocycles. The van der Waals surface area contributed by atoms with E-state index in [4.69, 9.17) is 4.74 Å². The van der Waals surface area contributed by atoms with E-state index in [1.807, 2.05) is 0 Å². The third-order valence-corrected chi connectivity index (χ3v) is 6.17. The Balaban J connectivity index is 1.64. The number of nitrogens with zero attached hydrogens (tertiary/aromatic N) is 2. The second-order valence-corrected chi connectivity index (χ2v) is 9.39. The number of hydrogen-bond acceptors (Lipinski definition) is 6. The largest absolute Gasteiger partial charge is 0.431 e. The normalized spacial score (nSPS) is 14.9. The number of carbonyl (C=O) groups excluding carboxylic acids is 3. The molecular weight excluding hydrogens is 525 g/mol. The summed E-state index contributed by atoms with van der Waals surface area (Å²) in [6, 6.07) is 18.7. The van der Waals surface area contributed by atoms with Gasteiger partial charge in [0, 0.05) is 24.0 Å². The summed E-state index contributed by atoms with van der Waals surface area (Å²) in [6.07, 6.45) is -3.69. The zero-order valence-electron chi connectivity index (χ0n) is 22.0. The Labute approximate surface area is 229 Å². The summed E-state index contributed by atoms with van der Waals surface area (Å²) in [5, 5.41) is 5.51. The van der Waals surface area contributed by atoms with Crippen molar-refractivity contribution in [3.63, 3.8) is 0 Å². The molecule has 8 nitrogen and oxygen atoms in total. The van der Waals surface area contributed by atoms with Gasteiger partial charge in [-0.15, -0.1) is 0 Å². The summed E-state index contributed by atoms with van der Waals surface area (Å²) in [5.74, 6) is -3.07. The molecule has 0 fully saturated rings. The Hall–Kier alpha value is -4.64. The lowest BCUT2D eigenvalue weighted by Crippen LogP contribution is -2.36. The number of amides is 2. The van der Waals surface area contributed by atoms with Gasteiger partial charge in [0.2, 0.25) is 11.8 Å². The highest BCUT2D eigenvalue weighted by Crippen LogP contribution is 2.39. The van der Waals surface area contributed by atoms with E-state index in [2.05, 4.69) is 10.6 Å². The van der Waals surface area contributed by atoms with E-state index in [-0.39, 0.29) is 23.6 Å². The van der Waals surface area contributed by atoms with Crippen LogP contribution in [0.3, 0.4) is 0 Å². The van der Waals surface area contributed by atoms with Crippen LogP contribution in [0.25, 0.3) is 5.70 Å². The Morgan fingerprint density at radius 2 is 1.68 bits per heavy atom. The van der Waals surface area contributed by atoms with Crippen molar-refractivity contribution in [3.8, 4) is 0 Å². The molecule has 2 amide bonds. The molecule has 1 aliphatic rings. The van der Waals surface area contributed by atoms with E-state index in [0.29, 0.717) is 16.8 Å². The Bertz CT molecular complexity index is 1460. The number of fused-ring (bicyclic) bond motifs is 1. The highest BCUT2D eigenvalue weighted by atomic mass is 19.4. The topological polar surface area (TPSA) is 91.0 Å². The van der Waals surface area contributed by atoms with Crippen LogP contribution in [-0.4, -0.2) is 50.4 Å². The van der Waals surface area contributed by atoms with Gasteiger partial charge in [-0.3, -0.25) is 14.4 Å². The molecular formula is C29H27F3N4O4. The molecule has 4 rings (SSSR count). The van der Waals surface area contributed by atoms with Crippen LogP contribution < -0.4 is 15.5 Å². The van der Waals surface area contributed by atoms with Crippen LogP contribution in [0.4, 0.5) is 30.2 Å². The number of carbonyl (C=O) groups is 3. The van der Waals surface area contributed by atoms with Crippen molar-refractivity contribution < 1.29 is 32.3 Å². The van der Waals surface area contributed by atoms with E-state index in [1.54, 1.807) is 73.6 Å². The molecule has 11 heteroatoms. The Morgan fingerprint density at radius 1 is 1.00 bits per heavy atom. The summed E-state index contributed by atoms with van der Waals surface area (Å²) in [7, 11) is 4.58. The van der Waals surface area contributed by atoms with Crippen LogP contribution in [0.15, 0.2) is 79.1 Å². The number of para-hydroxylation sites is 1.